The minimum absolute atomic E-state index is 0.202. The second-order valence-electron chi connectivity index (χ2n) is 4.56. The van der Waals surface area contributed by atoms with Crippen molar-refractivity contribution in [2.75, 3.05) is 27.4 Å². The molecule has 1 fully saturated rings. The minimum atomic E-state index is 0.202. The van der Waals surface area contributed by atoms with Crippen LogP contribution in [-0.2, 0) is 4.74 Å². The van der Waals surface area contributed by atoms with E-state index >= 15 is 0 Å². The lowest BCUT2D eigenvalue weighted by Crippen LogP contribution is -2.00. The molecule has 2 aromatic rings. The van der Waals surface area contributed by atoms with E-state index in [4.69, 9.17) is 18.7 Å². The third-order valence-corrected chi connectivity index (χ3v) is 3.38. The highest BCUT2D eigenvalue weighted by Crippen LogP contribution is 2.38. The predicted octanol–water partition coefficient (Wildman–Crippen LogP) is 2.26. The zero-order valence-electron chi connectivity index (χ0n) is 11.5. The van der Waals surface area contributed by atoms with Crippen LogP contribution in [0.5, 0.6) is 11.5 Å². The molecular formula is C14H16N2O4. The number of benzene rings is 1. The summed E-state index contributed by atoms with van der Waals surface area (Å²) in [5.74, 6) is 2.56. The van der Waals surface area contributed by atoms with Crippen molar-refractivity contribution in [2.45, 2.75) is 12.3 Å². The molecule has 1 saturated heterocycles. The molecule has 0 bridgehead atoms. The van der Waals surface area contributed by atoms with E-state index in [-0.39, 0.29) is 5.92 Å². The molecule has 1 aromatic carbocycles. The molecule has 106 valence electrons. The van der Waals surface area contributed by atoms with Gasteiger partial charge in [-0.25, -0.2) is 0 Å². The largest absolute Gasteiger partial charge is 0.496 e. The molecular weight excluding hydrogens is 260 g/mol. The first kappa shape index (κ1) is 12.9. The highest BCUT2D eigenvalue weighted by molar-refractivity contribution is 5.70. The Hall–Kier alpha value is -2.08. The van der Waals surface area contributed by atoms with Gasteiger partial charge in [0.15, 0.2) is 5.82 Å². The third kappa shape index (κ3) is 2.22. The first-order valence-corrected chi connectivity index (χ1v) is 6.46. The summed E-state index contributed by atoms with van der Waals surface area (Å²) in [4.78, 5) is 4.46. The molecule has 6 nitrogen and oxygen atoms in total. The van der Waals surface area contributed by atoms with Gasteiger partial charge in [-0.15, -0.1) is 0 Å². The smallest absolute Gasteiger partial charge is 0.265 e. The van der Waals surface area contributed by atoms with Gasteiger partial charge in [-0.05, 0) is 18.6 Å². The zero-order chi connectivity index (χ0) is 13.9. The molecule has 2 heterocycles. The Kier molecular flexibility index (Phi) is 3.56. The number of rotatable bonds is 4. The summed E-state index contributed by atoms with van der Waals surface area (Å²) in [6.07, 6.45) is 0.919. The quantitative estimate of drug-likeness (QED) is 0.853. The van der Waals surface area contributed by atoms with Gasteiger partial charge >= 0.3 is 0 Å². The normalized spacial score (nSPS) is 18.2. The van der Waals surface area contributed by atoms with Gasteiger partial charge in [-0.3, -0.25) is 0 Å². The maximum absolute atomic E-state index is 5.37. The van der Waals surface area contributed by atoms with Crippen molar-refractivity contribution in [3.8, 4) is 23.0 Å². The average molecular weight is 276 g/mol. The van der Waals surface area contributed by atoms with E-state index in [1.165, 1.54) is 0 Å². The van der Waals surface area contributed by atoms with E-state index in [2.05, 4.69) is 10.1 Å². The fourth-order valence-electron chi connectivity index (χ4n) is 2.30. The number of aromatic nitrogens is 2. The second-order valence-corrected chi connectivity index (χ2v) is 4.56. The predicted molar refractivity (Wildman–Crippen MR) is 71.0 cm³/mol. The molecule has 0 spiro atoms. The Balaban J connectivity index is 2.00. The topological polar surface area (TPSA) is 66.6 Å². The lowest BCUT2D eigenvalue weighted by atomic mass is 10.1. The van der Waals surface area contributed by atoms with E-state index in [0.29, 0.717) is 35.4 Å². The van der Waals surface area contributed by atoms with Crippen LogP contribution in [0.4, 0.5) is 0 Å². The van der Waals surface area contributed by atoms with Gasteiger partial charge in [-0.2, -0.15) is 4.98 Å². The van der Waals surface area contributed by atoms with Gasteiger partial charge in [0.25, 0.3) is 5.89 Å². The first-order valence-electron chi connectivity index (χ1n) is 6.46. The van der Waals surface area contributed by atoms with Gasteiger partial charge in [0.1, 0.15) is 17.1 Å². The lowest BCUT2D eigenvalue weighted by Gasteiger charge is -2.09. The van der Waals surface area contributed by atoms with Crippen LogP contribution >= 0.6 is 0 Å². The summed E-state index contributed by atoms with van der Waals surface area (Å²) in [5.41, 5.74) is 0.676. The molecule has 1 atom stereocenters. The van der Waals surface area contributed by atoms with Crippen molar-refractivity contribution in [3.63, 3.8) is 0 Å². The van der Waals surface area contributed by atoms with Crippen molar-refractivity contribution in [3.05, 3.63) is 24.0 Å². The molecule has 20 heavy (non-hydrogen) atoms. The highest BCUT2D eigenvalue weighted by Gasteiger charge is 2.25. The van der Waals surface area contributed by atoms with Crippen LogP contribution in [0.3, 0.4) is 0 Å². The standard InChI is InChI=1S/C14H16N2O4/c1-17-10-4-3-5-11(18-2)12(10)14-15-13(16-20-14)9-6-7-19-8-9/h3-5,9H,6-8H2,1-2H3/t9-/m1/s1. The van der Waals surface area contributed by atoms with Crippen LogP contribution in [-0.4, -0.2) is 37.6 Å². The van der Waals surface area contributed by atoms with Gasteiger partial charge < -0.3 is 18.7 Å². The minimum Gasteiger partial charge on any atom is -0.496 e. The van der Waals surface area contributed by atoms with Crippen molar-refractivity contribution in [1.29, 1.82) is 0 Å². The summed E-state index contributed by atoms with van der Waals surface area (Å²) < 4.78 is 21.4. The maximum Gasteiger partial charge on any atom is 0.265 e. The molecule has 1 aromatic heterocycles. The molecule has 0 radical (unpaired) electrons. The van der Waals surface area contributed by atoms with E-state index in [1.807, 2.05) is 18.2 Å². The molecule has 1 aliphatic rings. The Morgan fingerprint density at radius 1 is 1.20 bits per heavy atom. The van der Waals surface area contributed by atoms with Crippen LogP contribution in [0.2, 0.25) is 0 Å². The van der Waals surface area contributed by atoms with E-state index < -0.39 is 0 Å². The average Bonchev–Trinajstić information content (AvgIpc) is 3.16. The number of hydrogen-bond acceptors (Lipinski definition) is 6. The fourth-order valence-corrected chi connectivity index (χ4v) is 2.30. The number of hydrogen-bond donors (Lipinski definition) is 0. The monoisotopic (exact) mass is 276 g/mol. The Morgan fingerprint density at radius 3 is 2.55 bits per heavy atom. The van der Waals surface area contributed by atoms with Crippen molar-refractivity contribution >= 4 is 0 Å². The van der Waals surface area contributed by atoms with Gasteiger partial charge in [0.2, 0.25) is 0 Å². The van der Waals surface area contributed by atoms with E-state index in [9.17, 15) is 0 Å². The van der Waals surface area contributed by atoms with Crippen LogP contribution in [0.15, 0.2) is 22.7 Å². The summed E-state index contributed by atoms with van der Waals surface area (Å²) >= 11 is 0. The number of ether oxygens (including phenoxy) is 3. The van der Waals surface area contributed by atoms with E-state index in [0.717, 1.165) is 13.0 Å². The maximum atomic E-state index is 5.37. The zero-order valence-corrected chi connectivity index (χ0v) is 11.5. The lowest BCUT2D eigenvalue weighted by molar-refractivity contribution is 0.192. The molecule has 3 rings (SSSR count). The Morgan fingerprint density at radius 2 is 1.95 bits per heavy atom. The molecule has 0 amide bonds. The van der Waals surface area contributed by atoms with E-state index in [1.54, 1.807) is 14.2 Å². The van der Waals surface area contributed by atoms with Crippen LogP contribution in [0.1, 0.15) is 18.2 Å². The van der Waals surface area contributed by atoms with Crippen LogP contribution in [0, 0.1) is 0 Å². The van der Waals surface area contributed by atoms with Crippen LogP contribution in [0.25, 0.3) is 11.5 Å². The third-order valence-electron chi connectivity index (χ3n) is 3.38. The Labute approximate surface area is 116 Å². The van der Waals surface area contributed by atoms with Crippen molar-refractivity contribution < 1.29 is 18.7 Å². The Bertz CT molecular complexity index is 568. The fraction of sp³-hybridized carbons (Fsp3) is 0.429. The first-order chi connectivity index (χ1) is 9.83. The summed E-state index contributed by atoms with van der Waals surface area (Å²) in [5, 5.41) is 4.05. The van der Waals surface area contributed by atoms with Gasteiger partial charge in [0.05, 0.1) is 20.8 Å². The second kappa shape index (κ2) is 5.50. The summed E-state index contributed by atoms with van der Waals surface area (Å²) in [7, 11) is 3.20. The number of nitrogens with zero attached hydrogens (tertiary/aromatic N) is 2. The molecule has 6 heteroatoms. The molecule has 0 saturated carbocycles. The SMILES string of the molecule is COc1cccc(OC)c1-c1nc([C@@H]2CCOC2)no1. The van der Waals surface area contributed by atoms with Crippen molar-refractivity contribution in [2.24, 2.45) is 0 Å². The van der Waals surface area contributed by atoms with Gasteiger partial charge in [0, 0.05) is 12.5 Å². The summed E-state index contributed by atoms with van der Waals surface area (Å²) in [6.45, 7) is 1.38. The number of methoxy groups -OCH3 is 2. The summed E-state index contributed by atoms with van der Waals surface area (Å²) in [6, 6.07) is 5.52. The van der Waals surface area contributed by atoms with Crippen LogP contribution < -0.4 is 9.47 Å². The molecule has 0 N–H and O–H groups in total. The highest BCUT2D eigenvalue weighted by atomic mass is 16.5. The molecule has 0 unspecified atom stereocenters. The van der Waals surface area contributed by atoms with Gasteiger partial charge in [-0.1, -0.05) is 11.2 Å². The molecule has 1 aliphatic heterocycles. The van der Waals surface area contributed by atoms with Crippen molar-refractivity contribution in [1.82, 2.24) is 10.1 Å². The molecule has 0 aliphatic carbocycles.